The second kappa shape index (κ2) is 7.31. The minimum Gasteiger partial charge on any atom is -0.354 e. The van der Waals surface area contributed by atoms with Crippen LogP contribution in [0.4, 0.5) is 0 Å². The van der Waals surface area contributed by atoms with Crippen LogP contribution in [0.15, 0.2) is 0 Å². The molecule has 0 aliphatic carbocycles. The van der Waals surface area contributed by atoms with E-state index in [1.165, 1.54) is 0 Å². The average Bonchev–Trinajstić information content (AvgIpc) is 2.13. The maximum atomic E-state index is 11.3. The number of hydrogen-bond acceptors (Lipinski definition) is 5. The molecule has 18 heavy (non-hydrogen) atoms. The van der Waals surface area contributed by atoms with Crippen molar-refractivity contribution in [3.05, 3.63) is 0 Å². The molecule has 0 rings (SSSR count). The summed E-state index contributed by atoms with van der Waals surface area (Å²) in [7, 11) is -3.28. The molecule has 1 amide bonds. The maximum absolute atomic E-state index is 11.3. The zero-order valence-corrected chi connectivity index (χ0v) is 11.7. The molecule has 0 atom stereocenters. The van der Waals surface area contributed by atoms with Crippen LogP contribution in [0.1, 0.15) is 20.3 Å². The molecule has 104 valence electrons. The summed E-state index contributed by atoms with van der Waals surface area (Å²) in [6.07, 6.45) is 1.36. The lowest BCUT2D eigenvalue weighted by molar-refractivity contribution is -0.120. The van der Waals surface area contributed by atoms with Crippen molar-refractivity contribution in [3.63, 3.8) is 0 Å². The highest BCUT2D eigenvalue weighted by Crippen LogP contribution is 2.01. The van der Waals surface area contributed by atoms with Gasteiger partial charge >= 0.3 is 0 Å². The molecular formula is C10H20N4O3S. The predicted molar refractivity (Wildman–Crippen MR) is 68.2 cm³/mol. The number of nitriles is 1. The van der Waals surface area contributed by atoms with E-state index in [0.717, 1.165) is 6.26 Å². The third kappa shape index (κ3) is 10.0. The summed E-state index contributed by atoms with van der Waals surface area (Å²) < 4.78 is 24.6. The largest absolute Gasteiger partial charge is 0.354 e. The SMILES string of the molecule is CC(C)(CNCC(=O)NCCC#N)NS(C)(=O)=O. The van der Waals surface area contributed by atoms with Crippen LogP contribution in [0.25, 0.3) is 0 Å². The number of hydrogen-bond donors (Lipinski definition) is 3. The van der Waals surface area contributed by atoms with E-state index in [4.69, 9.17) is 5.26 Å². The van der Waals surface area contributed by atoms with Crippen molar-refractivity contribution in [1.82, 2.24) is 15.4 Å². The van der Waals surface area contributed by atoms with E-state index in [-0.39, 0.29) is 18.9 Å². The van der Waals surface area contributed by atoms with Gasteiger partial charge in [-0.1, -0.05) is 0 Å². The van der Waals surface area contributed by atoms with Crippen molar-refractivity contribution >= 4 is 15.9 Å². The summed E-state index contributed by atoms with van der Waals surface area (Å²) >= 11 is 0. The van der Waals surface area contributed by atoms with Gasteiger partial charge in [0.25, 0.3) is 0 Å². The van der Waals surface area contributed by atoms with E-state index in [1.54, 1.807) is 13.8 Å². The second-order valence-electron chi connectivity index (χ2n) is 4.62. The van der Waals surface area contributed by atoms with Gasteiger partial charge in [-0.3, -0.25) is 4.79 Å². The molecule has 0 unspecified atom stereocenters. The lowest BCUT2D eigenvalue weighted by atomic mass is 10.1. The van der Waals surface area contributed by atoms with Gasteiger partial charge in [0, 0.05) is 18.6 Å². The molecule has 0 saturated heterocycles. The molecule has 7 nitrogen and oxygen atoms in total. The van der Waals surface area contributed by atoms with Gasteiger partial charge in [-0.05, 0) is 13.8 Å². The highest BCUT2D eigenvalue weighted by atomic mass is 32.2. The molecule has 0 spiro atoms. The molecule has 0 heterocycles. The fraction of sp³-hybridized carbons (Fsp3) is 0.800. The normalized spacial score (nSPS) is 11.9. The maximum Gasteiger partial charge on any atom is 0.233 e. The lowest BCUT2D eigenvalue weighted by Crippen LogP contribution is -2.51. The second-order valence-corrected chi connectivity index (χ2v) is 6.37. The summed E-state index contributed by atoms with van der Waals surface area (Å²) in [5, 5.41) is 13.7. The topological polar surface area (TPSA) is 111 Å². The summed E-state index contributed by atoms with van der Waals surface area (Å²) in [6, 6.07) is 1.92. The fourth-order valence-corrected chi connectivity index (χ4v) is 2.42. The quantitative estimate of drug-likeness (QED) is 0.489. The van der Waals surface area contributed by atoms with Crippen molar-refractivity contribution in [1.29, 1.82) is 5.26 Å². The third-order valence-corrected chi connectivity index (χ3v) is 2.80. The zero-order chi connectivity index (χ0) is 14.2. The Labute approximate surface area is 108 Å². The van der Waals surface area contributed by atoms with E-state index >= 15 is 0 Å². The van der Waals surface area contributed by atoms with Gasteiger partial charge < -0.3 is 10.6 Å². The monoisotopic (exact) mass is 276 g/mol. The van der Waals surface area contributed by atoms with Crippen LogP contribution < -0.4 is 15.4 Å². The van der Waals surface area contributed by atoms with E-state index in [0.29, 0.717) is 13.1 Å². The number of carbonyl (C=O) groups excluding carboxylic acids is 1. The first-order valence-electron chi connectivity index (χ1n) is 5.49. The predicted octanol–water partition coefficient (Wildman–Crippen LogP) is -1.07. The Morgan fingerprint density at radius 2 is 2.00 bits per heavy atom. The number of sulfonamides is 1. The molecule has 0 saturated carbocycles. The molecule has 0 aromatic rings. The fourth-order valence-electron chi connectivity index (χ4n) is 1.35. The number of nitrogens with zero attached hydrogens (tertiary/aromatic N) is 1. The van der Waals surface area contributed by atoms with Gasteiger partial charge in [0.15, 0.2) is 0 Å². The van der Waals surface area contributed by atoms with Crippen molar-refractivity contribution in [2.75, 3.05) is 25.9 Å². The molecule has 8 heteroatoms. The van der Waals surface area contributed by atoms with E-state index in [1.807, 2.05) is 6.07 Å². The van der Waals surface area contributed by atoms with Crippen LogP contribution in [0.5, 0.6) is 0 Å². The minimum atomic E-state index is -3.28. The van der Waals surface area contributed by atoms with Crippen molar-refractivity contribution in [2.45, 2.75) is 25.8 Å². The van der Waals surface area contributed by atoms with Gasteiger partial charge in [-0.15, -0.1) is 0 Å². The molecule has 0 fully saturated rings. The Bertz CT molecular complexity index is 411. The van der Waals surface area contributed by atoms with E-state index in [2.05, 4.69) is 15.4 Å². The molecular weight excluding hydrogens is 256 g/mol. The van der Waals surface area contributed by atoms with Crippen molar-refractivity contribution in [3.8, 4) is 6.07 Å². The molecule has 3 N–H and O–H groups in total. The van der Waals surface area contributed by atoms with Crippen LogP contribution in [-0.2, 0) is 14.8 Å². The Morgan fingerprint density at radius 3 is 2.50 bits per heavy atom. The number of amides is 1. The number of carbonyl (C=O) groups is 1. The first-order chi connectivity index (χ1) is 8.16. The summed E-state index contributed by atoms with van der Waals surface area (Å²) in [5.74, 6) is -0.222. The Balaban J connectivity index is 3.90. The van der Waals surface area contributed by atoms with Gasteiger partial charge in [0.05, 0.1) is 25.3 Å². The van der Waals surface area contributed by atoms with Crippen LogP contribution in [-0.4, -0.2) is 45.8 Å². The minimum absolute atomic E-state index is 0.0836. The molecule has 0 bridgehead atoms. The number of rotatable bonds is 8. The highest BCUT2D eigenvalue weighted by molar-refractivity contribution is 7.88. The summed E-state index contributed by atoms with van der Waals surface area (Å²) in [5.41, 5.74) is -0.666. The molecule has 0 aliphatic rings. The van der Waals surface area contributed by atoms with E-state index < -0.39 is 15.6 Å². The Kier molecular flexibility index (Phi) is 6.83. The highest BCUT2D eigenvalue weighted by Gasteiger charge is 2.21. The third-order valence-electron chi connectivity index (χ3n) is 1.87. The van der Waals surface area contributed by atoms with Crippen LogP contribution in [0.2, 0.25) is 0 Å². The van der Waals surface area contributed by atoms with Gasteiger partial charge in [-0.25, -0.2) is 13.1 Å². The molecule has 0 aliphatic heterocycles. The number of nitrogens with one attached hydrogen (secondary N) is 3. The first kappa shape index (κ1) is 16.8. The van der Waals surface area contributed by atoms with Crippen molar-refractivity contribution < 1.29 is 13.2 Å². The zero-order valence-electron chi connectivity index (χ0n) is 10.9. The van der Waals surface area contributed by atoms with Gasteiger partial charge in [-0.2, -0.15) is 5.26 Å². The average molecular weight is 276 g/mol. The van der Waals surface area contributed by atoms with Gasteiger partial charge in [0.1, 0.15) is 0 Å². The summed E-state index contributed by atoms with van der Waals surface area (Å²) in [6.45, 7) is 4.16. The smallest absolute Gasteiger partial charge is 0.233 e. The lowest BCUT2D eigenvalue weighted by Gasteiger charge is -2.25. The Hall–Kier alpha value is -1.17. The van der Waals surface area contributed by atoms with Crippen LogP contribution in [0.3, 0.4) is 0 Å². The Morgan fingerprint density at radius 1 is 1.39 bits per heavy atom. The van der Waals surface area contributed by atoms with Gasteiger partial charge in [0.2, 0.25) is 15.9 Å². The molecule has 0 aromatic carbocycles. The van der Waals surface area contributed by atoms with Crippen LogP contribution in [0, 0.1) is 11.3 Å². The first-order valence-corrected chi connectivity index (χ1v) is 7.39. The van der Waals surface area contributed by atoms with Crippen LogP contribution >= 0.6 is 0 Å². The molecule has 0 radical (unpaired) electrons. The van der Waals surface area contributed by atoms with Crippen molar-refractivity contribution in [2.24, 2.45) is 0 Å². The summed E-state index contributed by atoms with van der Waals surface area (Å²) in [4.78, 5) is 11.3. The standard InChI is InChI=1S/C10H20N4O3S/c1-10(2,14-18(3,16)17)8-12-7-9(15)13-6-4-5-11/h12,14H,4,6-8H2,1-3H3,(H,13,15). The van der Waals surface area contributed by atoms with E-state index in [9.17, 15) is 13.2 Å². The molecule has 0 aromatic heterocycles.